The Balaban J connectivity index is 2.41. The molecule has 3 nitrogen and oxygen atoms in total. The predicted molar refractivity (Wildman–Crippen MR) is 73.3 cm³/mol. The summed E-state index contributed by atoms with van der Waals surface area (Å²) in [6, 6.07) is 0. The Hall–Kier alpha value is -0.120. The van der Waals surface area contributed by atoms with Crippen molar-refractivity contribution in [3.05, 3.63) is 0 Å². The molecule has 0 amide bonds. The molecule has 106 valence electrons. The molecular weight excluding hydrogens is 226 g/mol. The number of nitrogens with two attached hydrogens (primary N) is 1. The van der Waals surface area contributed by atoms with Gasteiger partial charge in [-0.1, -0.05) is 13.3 Å². The van der Waals surface area contributed by atoms with E-state index in [1.54, 1.807) is 0 Å². The van der Waals surface area contributed by atoms with Gasteiger partial charge in [-0.3, -0.25) is 0 Å². The van der Waals surface area contributed by atoms with Crippen LogP contribution >= 0.6 is 0 Å². The molecule has 0 bridgehead atoms. The topological polar surface area (TPSA) is 55.5 Å². The molecule has 3 N–H and O–H groups in total. The average Bonchev–Trinajstić information content (AvgIpc) is 2.65. The zero-order valence-corrected chi connectivity index (χ0v) is 12.5. The lowest BCUT2D eigenvalue weighted by atomic mass is 9.61. The van der Waals surface area contributed by atoms with Gasteiger partial charge in [-0.15, -0.1) is 0 Å². The molecule has 1 saturated carbocycles. The molecule has 3 unspecified atom stereocenters. The van der Waals surface area contributed by atoms with Crippen LogP contribution in [0.15, 0.2) is 0 Å². The zero-order valence-electron chi connectivity index (χ0n) is 12.5. The molecule has 2 fully saturated rings. The molecule has 0 spiro atoms. The molecule has 18 heavy (non-hydrogen) atoms. The molecule has 1 saturated heterocycles. The summed E-state index contributed by atoms with van der Waals surface area (Å²) in [5.41, 5.74) is 4.30. The minimum Gasteiger partial charge on any atom is -0.386 e. The van der Waals surface area contributed by atoms with Crippen LogP contribution in [0, 0.1) is 11.3 Å². The van der Waals surface area contributed by atoms with E-state index in [0.29, 0.717) is 18.9 Å². The van der Waals surface area contributed by atoms with E-state index in [2.05, 4.69) is 20.8 Å². The van der Waals surface area contributed by atoms with Crippen molar-refractivity contribution >= 4 is 0 Å². The van der Waals surface area contributed by atoms with Crippen LogP contribution in [0.3, 0.4) is 0 Å². The van der Waals surface area contributed by atoms with Crippen molar-refractivity contribution in [3.8, 4) is 0 Å². The minimum atomic E-state index is -0.816. The van der Waals surface area contributed by atoms with E-state index in [9.17, 15) is 5.11 Å². The van der Waals surface area contributed by atoms with Crippen LogP contribution in [-0.2, 0) is 4.74 Å². The Morgan fingerprint density at radius 3 is 2.22 bits per heavy atom. The fourth-order valence-electron chi connectivity index (χ4n) is 4.59. The van der Waals surface area contributed by atoms with Crippen LogP contribution in [-0.4, -0.2) is 28.5 Å². The van der Waals surface area contributed by atoms with Gasteiger partial charge in [0.1, 0.15) is 5.60 Å². The van der Waals surface area contributed by atoms with Gasteiger partial charge < -0.3 is 15.6 Å². The average molecular weight is 255 g/mol. The normalized spacial score (nSPS) is 46.5. The maximum absolute atomic E-state index is 11.4. The molecule has 0 aromatic rings. The fourth-order valence-corrected chi connectivity index (χ4v) is 4.59. The summed E-state index contributed by atoms with van der Waals surface area (Å²) in [7, 11) is 0. The molecule has 1 aliphatic heterocycles. The van der Waals surface area contributed by atoms with Crippen molar-refractivity contribution in [1.29, 1.82) is 0 Å². The van der Waals surface area contributed by atoms with Gasteiger partial charge in [-0.2, -0.15) is 0 Å². The highest BCUT2D eigenvalue weighted by Gasteiger charge is 2.66. The van der Waals surface area contributed by atoms with E-state index in [1.807, 2.05) is 13.8 Å². The number of hydrogen-bond donors (Lipinski definition) is 2. The monoisotopic (exact) mass is 255 g/mol. The molecule has 1 aliphatic carbocycles. The van der Waals surface area contributed by atoms with Crippen LogP contribution in [0.25, 0.3) is 0 Å². The fraction of sp³-hybridized carbons (Fsp3) is 1.00. The lowest BCUT2D eigenvalue weighted by molar-refractivity contribution is -0.176. The summed E-state index contributed by atoms with van der Waals surface area (Å²) in [6.07, 6.45) is 3.87. The van der Waals surface area contributed by atoms with Gasteiger partial charge in [0.25, 0.3) is 0 Å². The van der Waals surface area contributed by atoms with E-state index in [-0.39, 0.29) is 11.0 Å². The maximum Gasteiger partial charge on any atom is 0.103 e. The summed E-state index contributed by atoms with van der Waals surface area (Å²) < 4.78 is 6.12. The Bertz CT molecular complexity index is 339. The van der Waals surface area contributed by atoms with Gasteiger partial charge in [0.05, 0.1) is 11.2 Å². The van der Waals surface area contributed by atoms with Crippen molar-refractivity contribution < 1.29 is 9.84 Å². The molecule has 3 heteroatoms. The first-order valence-corrected chi connectivity index (χ1v) is 7.20. The smallest absolute Gasteiger partial charge is 0.103 e. The van der Waals surface area contributed by atoms with E-state index < -0.39 is 11.2 Å². The van der Waals surface area contributed by atoms with E-state index >= 15 is 0 Å². The van der Waals surface area contributed by atoms with Gasteiger partial charge in [-0.25, -0.2) is 0 Å². The Labute approximate surface area is 111 Å². The SMILES string of the molecule is CC1CCC(CN)(C2(O)CC(C)(C)OC2(C)C)C1. The van der Waals surface area contributed by atoms with Gasteiger partial charge in [-0.05, 0) is 46.5 Å². The third-order valence-corrected chi connectivity index (χ3v) is 5.33. The number of hydrogen-bond acceptors (Lipinski definition) is 3. The van der Waals surface area contributed by atoms with Gasteiger partial charge in [0.15, 0.2) is 0 Å². The quantitative estimate of drug-likeness (QED) is 0.797. The predicted octanol–water partition coefficient (Wildman–Crippen LogP) is 2.46. The van der Waals surface area contributed by atoms with Gasteiger partial charge in [0, 0.05) is 18.4 Å². The van der Waals surface area contributed by atoms with Crippen molar-refractivity contribution in [1.82, 2.24) is 0 Å². The largest absolute Gasteiger partial charge is 0.386 e. The minimum absolute atomic E-state index is 0.177. The van der Waals surface area contributed by atoms with E-state index in [1.165, 1.54) is 0 Å². The summed E-state index contributed by atoms with van der Waals surface area (Å²) in [4.78, 5) is 0. The highest BCUT2D eigenvalue weighted by Crippen LogP contribution is 2.59. The molecule has 0 aromatic heterocycles. The molecule has 0 radical (unpaired) electrons. The lowest BCUT2D eigenvalue weighted by Gasteiger charge is -2.48. The van der Waals surface area contributed by atoms with Gasteiger partial charge in [0.2, 0.25) is 0 Å². The van der Waals surface area contributed by atoms with Crippen LogP contribution < -0.4 is 5.73 Å². The van der Waals surface area contributed by atoms with Crippen molar-refractivity contribution in [2.75, 3.05) is 6.54 Å². The number of rotatable bonds is 2. The van der Waals surface area contributed by atoms with Crippen molar-refractivity contribution in [3.63, 3.8) is 0 Å². The second-order valence-corrected chi connectivity index (χ2v) is 7.74. The van der Waals surface area contributed by atoms with Gasteiger partial charge >= 0.3 is 0 Å². The van der Waals surface area contributed by atoms with Crippen LogP contribution in [0.2, 0.25) is 0 Å². The molecule has 2 aliphatic rings. The third kappa shape index (κ3) is 1.83. The standard InChI is InChI=1S/C15H29NO2/c1-11-6-7-14(8-11,10-16)15(17)9-12(2,3)18-13(15,4)5/h11,17H,6-10,16H2,1-5H3. The van der Waals surface area contributed by atoms with Crippen molar-refractivity contribution in [2.24, 2.45) is 17.1 Å². The summed E-state index contributed by atoms with van der Waals surface area (Å²) in [6.45, 7) is 11.0. The summed E-state index contributed by atoms with van der Waals surface area (Å²) >= 11 is 0. The Kier molecular flexibility index (Phi) is 3.13. The summed E-state index contributed by atoms with van der Waals surface area (Å²) in [5.74, 6) is 0.650. The highest BCUT2D eigenvalue weighted by atomic mass is 16.5. The zero-order chi connectivity index (χ0) is 13.8. The molecular formula is C15H29NO2. The molecule has 1 heterocycles. The maximum atomic E-state index is 11.4. The highest BCUT2D eigenvalue weighted by molar-refractivity contribution is 5.17. The molecule has 2 rings (SSSR count). The van der Waals surface area contributed by atoms with Crippen LogP contribution in [0.4, 0.5) is 0 Å². The van der Waals surface area contributed by atoms with Crippen LogP contribution in [0.1, 0.15) is 60.3 Å². The first-order valence-electron chi connectivity index (χ1n) is 7.20. The molecule has 3 atom stereocenters. The first kappa shape index (κ1) is 14.3. The number of ether oxygens (including phenoxy) is 1. The molecule has 0 aromatic carbocycles. The van der Waals surface area contributed by atoms with E-state index in [0.717, 1.165) is 19.3 Å². The summed E-state index contributed by atoms with van der Waals surface area (Å²) in [5, 5.41) is 11.4. The number of aliphatic hydroxyl groups is 1. The van der Waals surface area contributed by atoms with E-state index in [4.69, 9.17) is 10.5 Å². The Morgan fingerprint density at radius 2 is 1.89 bits per heavy atom. The lowest BCUT2D eigenvalue weighted by Crippen LogP contribution is -2.60. The first-order chi connectivity index (χ1) is 8.08. The van der Waals surface area contributed by atoms with Crippen LogP contribution in [0.5, 0.6) is 0 Å². The third-order valence-electron chi connectivity index (χ3n) is 5.33. The second kappa shape index (κ2) is 3.94. The Morgan fingerprint density at radius 1 is 1.28 bits per heavy atom. The second-order valence-electron chi connectivity index (χ2n) is 7.74. The van der Waals surface area contributed by atoms with Crippen molar-refractivity contribution in [2.45, 2.75) is 77.1 Å².